The Morgan fingerprint density at radius 3 is 2.76 bits per heavy atom. The number of benzene rings is 1. The van der Waals surface area contributed by atoms with Gasteiger partial charge in [0.15, 0.2) is 0 Å². The van der Waals surface area contributed by atoms with Gasteiger partial charge in [-0.25, -0.2) is 4.79 Å². The molecule has 116 valence electrons. The van der Waals surface area contributed by atoms with Crippen LogP contribution in [0.5, 0.6) is 0 Å². The van der Waals surface area contributed by atoms with E-state index < -0.39 is 17.9 Å². The zero-order chi connectivity index (χ0) is 15.3. The summed E-state index contributed by atoms with van der Waals surface area (Å²) in [5.74, 6) is 0. The highest BCUT2D eigenvalue weighted by Crippen LogP contribution is 2.32. The van der Waals surface area contributed by atoms with Crippen LogP contribution in [0.2, 0.25) is 0 Å². The van der Waals surface area contributed by atoms with Crippen molar-refractivity contribution in [2.45, 2.75) is 37.6 Å². The molecule has 6 heteroatoms. The Hall–Kier alpha value is -1.63. The number of likely N-dealkylation sites (tertiary alicyclic amines) is 1. The molecular weight excluding hydrogens is 272 g/mol. The number of carboxylic acid groups (broad SMARTS) is 1. The molecule has 2 rings (SSSR count). The molecule has 0 unspecified atom stereocenters. The van der Waals surface area contributed by atoms with Crippen molar-refractivity contribution < 1.29 is 20.1 Å². The zero-order valence-corrected chi connectivity index (χ0v) is 11.9. The van der Waals surface area contributed by atoms with E-state index in [2.05, 4.69) is 5.32 Å². The van der Waals surface area contributed by atoms with Crippen LogP contribution in [0.1, 0.15) is 24.8 Å². The average Bonchev–Trinajstić information content (AvgIpc) is 2.73. The maximum absolute atomic E-state index is 10.7. The van der Waals surface area contributed by atoms with E-state index in [1.807, 2.05) is 35.2 Å². The largest absolute Gasteiger partial charge is 0.465 e. The van der Waals surface area contributed by atoms with Crippen LogP contribution in [0.25, 0.3) is 0 Å². The Bertz CT molecular complexity index is 468. The third-order valence-electron chi connectivity index (χ3n) is 3.97. The molecule has 2 atom stereocenters. The van der Waals surface area contributed by atoms with E-state index >= 15 is 0 Å². The lowest BCUT2D eigenvalue weighted by Crippen LogP contribution is -2.50. The molecule has 0 saturated carbocycles. The van der Waals surface area contributed by atoms with Crippen molar-refractivity contribution in [2.75, 3.05) is 13.1 Å². The first-order chi connectivity index (χ1) is 10.0. The number of aliphatic hydroxyl groups is 2. The first kappa shape index (κ1) is 15.8. The van der Waals surface area contributed by atoms with E-state index in [0.717, 1.165) is 5.56 Å². The molecule has 1 saturated heterocycles. The van der Waals surface area contributed by atoms with Gasteiger partial charge in [0.1, 0.15) is 5.72 Å². The fourth-order valence-corrected chi connectivity index (χ4v) is 2.80. The predicted octanol–water partition coefficient (Wildman–Crippen LogP) is 0.990. The van der Waals surface area contributed by atoms with Crippen LogP contribution in [0, 0.1) is 0 Å². The molecule has 1 heterocycles. The minimum atomic E-state index is -1.28. The number of amides is 1. The van der Waals surface area contributed by atoms with Gasteiger partial charge in [-0.15, -0.1) is 0 Å². The van der Waals surface area contributed by atoms with Crippen molar-refractivity contribution in [3.8, 4) is 0 Å². The van der Waals surface area contributed by atoms with Crippen LogP contribution in [0.3, 0.4) is 0 Å². The predicted molar refractivity (Wildman–Crippen MR) is 77.7 cm³/mol. The Kier molecular flexibility index (Phi) is 5.17. The second-order valence-corrected chi connectivity index (χ2v) is 5.43. The topological polar surface area (TPSA) is 93.0 Å². The van der Waals surface area contributed by atoms with Gasteiger partial charge in [-0.3, -0.25) is 4.90 Å². The van der Waals surface area contributed by atoms with Crippen LogP contribution in [0.4, 0.5) is 4.79 Å². The number of carbonyl (C=O) groups is 1. The first-order valence-electron chi connectivity index (χ1n) is 7.18. The van der Waals surface area contributed by atoms with Gasteiger partial charge < -0.3 is 20.6 Å². The summed E-state index contributed by atoms with van der Waals surface area (Å²) in [6.07, 6.45) is -0.539. The molecule has 1 aliphatic heterocycles. The Labute approximate surface area is 124 Å². The normalized spacial score (nSPS) is 25.9. The standard InChI is InChI=1S/C15H22N2O4/c18-13-7-10-17(11-12-5-2-1-3-6-12)15(13,21)8-4-9-16-14(19)20/h1-3,5-6,13,16,18,21H,4,7-11H2,(H,19,20)/t13-,15-/m0/s1. The highest BCUT2D eigenvalue weighted by Gasteiger charge is 2.45. The van der Waals surface area contributed by atoms with Crippen molar-refractivity contribution in [2.24, 2.45) is 0 Å². The highest BCUT2D eigenvalue weighted by molar-refractivity contribution is 5.64. The van der Waals surface area contributed by atoms with Gasteiger partial charge >= 0.3 is 6.09 Å². The molecule has 4 N–H and O–H groups in total. The lowest BCUT2D eigenvalue weighted by atomic mass is 10.0. The van der Waals surface area contributed by atoms with Gasteiger partial charge in [0.25, 0.3) is 0 Å². The summed E-state index contributed by atoms with van der Waals surface area (Å²) in [7, 11) is 0. The molecule has 21 heavy (non-hydrogen) atoms. The number of aliphatic hydroxyl groups excluding tert-OH is 1. The van der Waals surface area contributed by atoms with Gasteiger partial charge in [0.2, 0.25) is 0 Å². The molecule has 0 spiro atoms. The van der Waals surface area contributed by atoms with Gasteiger partial charge in [0, 0.05) is 19.6 Å². The second kappa shape index (κ2) is 6.89. The fraction of sp³-hybridized carbons (Fsp3) is 0.533. The molecule has 1 aromatic carbocycles. The van der Waals surface area contributed by atoms with Crippen LogP contribution < -0.4 is 5.32 Å². The lowest BCUT2D eigenvalue weighted by molar-refractivity contribution is -0.149. The molecule has 1 aromatic rings. The minimum absolute atomic E-state index is 0.267. The van der Waals surface area contributed by atoms with Crippen molar-refractivity contribution in [1.29, 1.82) is 0 Å². The van der Waals surface area contributed by atoms with Crippen molar-refractivity contribution in [1.82, 2.24) is 10.2 Å². The summed E-state index contributed by atoms with van der Waals surface area (Å²) < 4.78 is 0. The first-order valence-corrected chi connectivity index (χ1v) is 7.18. The Balaban J connectivity index is 1.94. The third-order valence-corrected chi connectivity index (χ3v) is 3.97. The van der Waals surface area contributed by atoms with E-state index in [1.54, 1.807) is 0 Å². The molecule has 1 aliphatic rings. The molecule has 1 amide bonds. The van der Waals surface area contributed by atoms with Gasteiger partial charge in [-0.1, -0.05) is 30.3 Å². The van der Waals surface area contributed by atoms with E-state index in [0.29, 0.717) is 32.4 Å². The van der Waals surface area contributed by atoms with Crippen molar-refractivity contribution in [3.63, 3.8) is 0 Å². The van der Waals surface area contributed by atoms with Crippen LogP contribution in [-0.2, 0) is 6.54 Å². The van der Waals surface area contributed by atoms with Crippen molar-refractivity contribution >= 4 is 6.09 Å². The number of rotatable bonds is 6. The summed E-state index contributed by atoms with van der Waals surface area (Å²) in [6.45, 7) is 1.46. The van der Waals surface area contributed by atoms with Gasteiger partial charge in [-0.05, 0) is 24.8 Å². The second-order valence-electron chi connectivity index (χ2n) is 5.43. The summed E-state index contributed by atoms with van der Waals surface area (Å²) in [4.78, 5) is 12.3. The van der Waals surface area contributed by atoms with Gasteiger partial charge in [-0.2, -0.15) is 0 Å². The zero-order valence-electron chi connectivity index (χ0n) is 11.9. The monoisotopic (exact) mass is 294 g/mol. The smallest absolute Gasteiger partial charge is 0.404 e. The van der Waals surface area contributed by atoms with Crippen LogP contribution in [-0.4, -0.2) is 51.2 Å². The maximum atomic E-state index is 10.7. The summed E-state index contributed by atoms with van der Waals surface area (Å²) in [6, 6.07) is 9.79. The van der Waals surface area contributed by atoms with Crippen LogP contribution >= 0.6 is 0 Å². The maximum Gasteiger partial charge on any atom is 0.404 e. The van der Waals surface area contributed by atoms with E-state index in [9.17, 15) is 15.0 Å². The highest BCUT2D eigenvalue weighted by atomic mass is 16.4. The number of hydrogen-bond donors (Lipinski definition) is 4. The summed E-state index contributed by atoms with van der Waals surface area (Å²) >= 11 is 0. The molecule has 0 bridgehead atoms. The molecule has 0 radical (unpaired) electrons. The molecule has 0 aromatic heterocycles. The molecule has 1 fully saturated rings. The Morgan fingerprint density at radius 2 is 2.10 bits per heavy atom. The minimum Gasteiger partial charge on any atom is -0.465 e. The third kappa shape index (κ3) is 3.93. The molecule has 6 nitrogen and oxygen atoms in total. The number of hydrogen-bond acceptors (Lipinski definition) is 4. The SMILES string of the molecule is O=C(O)NCCC[C@]1(O)[C@@H](O)CCN1Cc1ccccc1. The fourth-order valence-electron chi connectivity index (χ4n) is 2.80. The number of nitrogens with one attached hydrogen (secondary N) is 1. The van der Waals surface area contributed by atoms with E-state index in [1.165, 1.54) is 0 Å². The summed E-state index contributed by atoms with van der Waals surface area (Å²) in [5, 5.41) is 31.6. The van der Waals surface area contributed by atoms with E-state index in [4.69, 9.17) is 5.11 Å². The summed E-state index contributed by atoms with van der Waals surface area (Å²) in [5.41, 5.74) is -0.204. The molecule has 0 aliphatic carbocycles. The van der Waals surface area contributed by atoms with Gasteiger partial charge in [0.05, 0.1) is 6.10 Å². The average molecular weight is 294 g/mol. The van der Waals surface area contributed by atoms with Crippen LogP contribution in [0.15, 0.2) is 30.3 Å². The number of nitrogens with zero attached hydrogens (tertiary/aromatic N) is 1. The van der Waals surface area contributed by atoms with E-state index in [-0.39, 0.29) is 6.54 Å². The Morgan fingerprint density at radius 1 is 1.38 bits per heavy atom. The quantitative estimate of drug-likeness (QED) is 0.587. The molecular formula is C15H22N2O4. The van der Waals surface area contributed by atoms with Crippen molar-refractivity contribution in [3.05, 3.63) is 35.9 Å². The lowest BCUT2D eigenvalue weighted by Gasteiger charge is -2.36.